The molecule has 12 rings (SSSR count). The Morgan fingerprint density at radius 2 is 1.16 bits per heavy atom. The van der Waals surface area contributed by atoms with E-state index in [2.05, 4.69) is 67.3 Å². The van der Waals surface area contributed by atoms with Crippen LogP contribution >= 0.6 is 43.5 Å². The fourth-order valence-corrected chi connectivity index (χ4v) is 12.0. The number of nitrogens with one attached hydrogen (secondary N) is 3. The summed E-state index contributed by atoms with van der Waals surface area (Å²) in [6.45, 7) is 8.39. The molecule has 4 saturated heterocycles. The molecule has 4 aromatic heterocycles. The number of aromatic amines is 1. The topological polar surface area (TPSA) is 310 Å². The van der Waals surface area contributed by atoms with Crippen molar-refractivity contribution >= 4 is 72.4 Å². The number of carbonyl (C=O) groups excluding carboxylic acids is 1. The van der Waals surface area contributed by atoms with Crippen LogP contribution in [-0.4, -0.2) is 215 Å². The maximum absolute atomic E-state index is 14.2. The molecule has 0 atom stereocenters. The summed E-state index contributed by atoms with van der Waals surface area (Å²) >= 11 is 12.3. The summed E-state index contributed by atoms with van der Waals surface area (Å²) < 4.78 is 166. The van der Waals surface area contributed by atoms with Gasteiger partial charge < -0.3 is 78.8 Å². The van der Waals surface area contributed by atoms with Gasteiger partial charge in [0.2, 0.25) is 11.5 Å². The molecule has 1 aliphatic carbocycles. The normalized spacial score (nSPS) is 17.4. The van der Waals surface area contributed by atoms with E-state index in [9.17, 15) is 72.4 Å². The molecule has 39 heteroatoms. The largest absolute Gasteiger partial charge is 0.497 e. The van der Waals surface area contributed by atoms with Crippen LogP contribution in [0.4, 0.5) is 75.7 Å². The third-order valence-corrected chi connectivity index (χ3v) is 18.7. The van der Waals surface area contributed by atoms with Gasteiger partial charge in [-0.3, -0.25) is 14.5 Å². The zero-order chi connectivity index (χ0) is 83.1. The van der Waals surface area contributed by atoms with Crippen molar-refractivity contribution in [3.8, 4) is 34.9 Å². The van der Waals surface area contributed by atoms with Crippen molar-refractivity contribution in [3.63, 3.8) is 0 Å². The second kappa shape index (κ2) is 52.3. The van der Waals surface area contributed by atoms with Crippen molar-refractivity contribution in [3.05, 3.63) is 163 Å². The first-order valence-corrected chi connectivity index (χ1v) is 37.9. The van der Waals surface area contributed by atoms with E-state index >= 15 is 0 Å². The van der Waals surface area contributed by atoms with Crippen LogP contribution in [0.5, 0.6) is 11.5 Å². The average Bonchev–Trinajstić information content (AvgIpc) is 1.64. The van der Waals surface area contributed by atoms with Crippen LogP contribution in [0, 0.1) is 51.8 Å². The SMILES string of the molecule is CO.COc1ccc(CN2Cc3nc(-c4c(F)cccc4F)cc(Cl)c3C2=O)c(OC)c1.FC1(F)CCCCC1.N#CCBr.N#CCN1CCC(F)(F)CC1.NCCN1CCC(F)(F)CC1.Nc1ccc(NCCN2CCC(F)(F)CC2)cn1.O=[N+]([O-])c1ccc(Br)cn1.O=c1ccc(NCCN2CCC(F)(F)CC2)c[nH]1.[CH3-].[HH].[Pd]. The number of nitriles is 2. The van der Waals surface area contributed by atoms with Gasteiger partial charge in [0.25, 0.3) is 29.6 Å². The number of hydrogen-bond acceptors (Lipinski definition) is 20. The van der Waals surface area contributed by atoms with Crippen LogP contribution in [0.3, 0.4) is 0 Å². The number of anilines is 3. The van der Waals surface area contributed by atoms with Crippen LogP contribution < -0.4 is 37.1 Å². The molecule has 114 heavy (non-hydrogen) atoms. The number of carbonyl (C=O) groups is 1. The Kier molecular flexibility index (Phi) is 47.0. The quantitative estimate of drug-likeness (QED) is 0.00940. The molecule has 5 aliphatic heterocycles. The number of H-pyrrole nitrogens is 1. The third-order valence-electron chi connectivity index (χ3n) is 17.7. The van der Waals surface area contributed by atoms with Crippen molar-refractivity contribution in [1.82, 2.24) is 44.4 Å². The summed E-state index contributed by atoms with van der Waals surface area (Å²) in [6.07, 6.45) is 6.94. The summed E-state index contributed by atoms with van der Waals surface area (Å²) in [5.41, 5.74) is 13.5. The van der Waals surface area contributed by atoms with Crippen molar-refractivity contribution in [2.24, 2.45) is 5.73 Å². The van der Waals surface area contributed by atoms with E-state index in [1.807, 2.05) is 34.1 Å². The predicted octanol–water partition coefficient (Wildman–Crippen LogP) is 15.6. The molecule has 5 fully saturated rings. The number of alkyl halides is 11. The van der Waals surface area contributed by atoms with Crippen molar-refractivity contribution < 1.29 is 98.8 Å². The molecule has 23 nitrogen and oxygen atoms in total. The van der Waals surface area contributed by atoms with Gasteiger partial charge in [-0.1, -0.05) is 40.0 Å². The van der Waals surface area contributed by atoms with Gasteiger partial charge in [-0.25, -0.2) is 62.7 Å². The Balaban J connectivity index is 0.000000689. The number of rotatable bonds is 17. The zero-order valence-electron chi connectivity index (χ0n) is 63.6. The maximum atomic E-state index is 14.2. The third kappa shape index (κ3) is 38.5. The molecule has 2 aromatic carbocycles. The molecule has 8 N–H and O–H groups in total. The average molecular weight is 1870 g/mol. The predicted molar refractivity (Wildman–Crippen MR) is 420 cm³/mol. The summed E-state index contributed by atoms with van der Waals surface area (Å²) in [5.74, 6) is -12.4. The first kappa shape index (κ1) is 103. The number of pyridine rings is 4. The molecule has 1 amide bonds. The number of halogens is 15. The number of piperidine rings is 4. The first-order valence-electron chi connectivity index (χ1n) is 35.6. The molecule has 638 valence electrons. The minimum Gasteiger partial charge on any atom is -0.497 e. The number of aliphatic hydroxyl groups excluding tert-OH is 1. The summed E-state index contributed by atoms with van der Waals surface area (Å²) in [6, 6.07) is 23.6. The standard InChI is InChI=1S/C22H17ClF2N2O3.C12H18F2N4.C12H17F2N3O.C7H14F2N2.C7H10F2N2.C6H10F2.C5H3BrN2O2.C2H2BrN.CH4O.CH3.Pd.H2/c1-29-13-7-6-12(19(8-13)30-2)10-27-11-18-20(22(27)28)14(23)9-17(26-18)21-15(24)4-3-5-16(21)25;13-12(14)3-6-18(7-4-12)8-5-16-10-1-2-11(15)17-9-10;13-12(14)3-6-17(7-4-12)8-5-15-10-1-2-11(18)16-9-10;2*8-7(9)1-4-11(5-2-7)6-3-10;7-6(8)4-2-1-3-5-6;6-4-1-2-5(7-3-4)8(9)10;3-1-2-4;1-2;;;/h3-9H,10-11H2,1-2H3;1-2,9,16H,3-8H2,(H2,15,17);1-2,9,15H,3-8H2,(H,16,18);1-6,10H2;1-2,4-6H2;1-5H2;1-3H;1H2;2H,1H3;1H3;;1H/q;;;;;;;;;-1;;. The number of nitro groups is 1. The number of aromatic nitrogens is 4. The fraction of sp³-hybridized carbons (Fsp3) is 0.520. The number of hydrogen-bond donors (Lipinski definition) is 6. The number of fused-ring (bicyclic) bond motifs is 1. The van der Waals surface area contributed by atoms with E-state index in [1.165, 1.54) is 37.6 Å². The molecule has 6 aliphatic rings. The van der Waals surface area contributed by atoms with Crippen LogP contribution in [0.25, 0.3) is 11.3 Å². The van der Waals surface area contributed by atoms with E-state index < -0.39 is 46.2 Å². The summed E-state index contributed by atoms with van der Waals surface area (Å²) in [5, 5.41) is 39.8. The summed E-state index contributed by atoms with van der Waals surface area (Å²) in [7, 11) is 4.09. The molecular formula is C75H100Br2ClF12N16O7Pd-. The van der Waals surface area contributed by atoms with Crippen LogP contribution in [0.2, 0.25) is 5.02 Å². The zero-order valence-corrected chi connectivity index (χ0v) is 69.1. The van der Waals surface area contributed by atoms with Crippen molar-refractivity contribution in [2.75, 3.05) is 141 Å². The minimum absolute atomic E-state index is 0. The number of amides is 1. The van der Waals surface area contributed by atoms with Crippen LogP contribution in [-0.2, 0) is 33.5 Å². The second-order valence-electron chi connectivity index (χ2n) is 26.0. The molecule has 0 unspecified atom stereocenters. The minimum atomic E-state index is -2.49. The number of nitrogen functional groups attached to an aromatic ring is 1. The van der Waals surface area contributed by atoms with E-state index in [-0.39, 0.29) is 152 Å². The Morgan fingerprint density at radius 1 is 0.667 bits per heavy atom. The van der Waals surface area contributed by atoms with E-state index in [1.54, 1.807) is 59.6 Å². The molecule has 1 saturated carbocycles. The number of benzene rings is 2. The van der Waals surface area contributed by atoms with Crippen LogP contribution in [0.1, 0.15) is 107 Å². The monoisotopic (exact) mass is 1860 g/mol. The molecule has 9 heterocycles. The number of nitrogens with two attached hydrogens (primary N) is 2. The Hall–Kier alpha value is -7.48. The molecule has 6 aromatic rings. The number of ether oxygens (including phenoxy) is 2. The van der Waals surface area contributed by atoms with Gasteiger partial charge in [-0.15, -0.1) is 0 Å². The molecule has 0 spiro atoms. The van der Waals surface area contributed by atoms with Gasteiger partial charge in [0.1, 0.15) is 29.0 Å². The molecule has 0 radical (unpaired) electrons. The number of aliphatic hydroxyl groups is 1. The van der Waals surface area contributed by atoms with Gasteiger partial charge in [-0.2, -0.15) is 10.5 Å². The second-order valence-corrected chi connectivity index (χ2v) is 27.9. The van der Waals surface area contributed by atoms with Gasteiger partial charge in [0.05, 0.1) is 101 Å². The van der Waals surface area contributed by atoms with E-state index in [0.717, 1.165) is 73.3 Å². The molecule has 0 bridgehead atoms. The number of methoxy groups -OCH3 is 2. The first-order chi connectivity index (χ1) is 53.1. The van der Waals surface area contributed by atoms with Gasteiger partial charge in [0.15, 0.2) is 6.20 Å². The maximum Gasteiger partial charge on any atom is 0.363 e. The van der Waals surface area contributed by atoms with Gasteiger partial charge >= 0.3 is 5.82 Å². The Bertz CT molecular complexity index is 3900. The van der Waals surface area contributed by atoms with Gasteiger partial charge in [-0.05, 0) is 93.3 Å². The van der Waals surface area contributed by atoms with Crippen molar-refractivity contribution in [1.29, 1.82) is 10.5 Å². The van der Waals surface area contributed by atoms with Gasteiger partial charge in [0, 0.05) is 215 Å². The number of likely N-dealkylation sites (tertiary alicyclic amines) is 4. The van der Waals surface area contributed by atoms with E-state index in [4.69, 9.17) is 48.2 Å². The number of nitrogens with zero attached hydrogens (tertiary/aromatic N) is 11. The fourth-order valence-electron chi connectivity index (χ4n) is 11.4. The Morgan fingerprint density at radius 3 is 1.57 bits per heavy atom. The molecular weight excluding hydrogens is 1770 g/mol. The smallest absolute Gasteiger partial charge is 0.363 e. The summed E-state index contributed by atoms with van der Waals surface area (Å²) in [4.78, 5) is 57.0. The van der Waals surface area contributed by atoms with Crippen molar-refractivity contribution in [2.45, 2.75) is 126 Å². The van der Waals surface area contributed by atoms with Crippen LogP contribution in [0.15, 0.2) is 107 Å². The van der Waals surface area contributed by atoms with E-state index in [0.29, 0.717) is 107 Å². The Labute approximate surface area is 693 Å².